The first kappa shape index (κ1) is 23.9. The molecule has 5 saturated carbocycles. The third-order valence-corrected chi connectivity index (χ3v) is 14.1. The van der Waals surface area contributed by atoms with Crippen LogP contribution in [0.2, 0.25) is 0 Å². The van der Waals surface area contributed by atoms with Crippen molar-refractivity contribution >= 4 is 0 Å². The van der Waals surface area contributed by atoms with E-state index in [9.17, 15) is 10.2 Å². The highest BCUT2D eigenvalue weighted by atomic mass is 16.5. The topological polar surface area (TPSA) is 71.0 Å². The van der Waals surface area contributed by atoms with Crippen molar-refractivity contribution in [1.29, 1.82) is 0 Å². The minimum atomic E-state index is -0.381. The van der Waals surface area contributed by atoms with Gasteiger partial charge in [-0.15, -0.1) is 0 Å². The van der Waals surface area contributed by atoms with E-state index in [-0.39, 0.29) is 40.7 Å². The average molecular weight is 488 g/mol. The van der Waals surface area contributed by atoms with E-state index in [4.69, 9.17) is 9.47 Å². The molecule has 12 atom stereocenters. The molecule has 0 amide bonds. The number of fused-ring (bicyclic) bond motifs is 4. The van der Waals surface area contributed by atoms with Crippen molar-refractivity contribution < 1.29 is 19.7 Å². The van der Waals surface area contributed by atoms with Crippen molar-refractivity contribution in [3.63, 3.8) is 0 Å². The van der Waals surface area contributed by atoms with Crippen molar-refractivity contribution in [1.82, 2.24) is 5.32 Å². The fourth-order valence-electron chi connectivity index (χ4n) is 12.2. The normalized spacial score (nSPS) is 60.4. The van der Waals surface area contributed by atoms with E-state index < -0.39 is 0 Å². The molecule has 3 N–H and O–H groups in total. The first-order chi connectivity index (χ1) is 16.5. The predicted octanol–water partition coefficient (Wildman–Crippen LogP) is 4.15. The lowest BCUT2D eigenvalue weighted by atomic mass is 9.41. The summed E-state index contributed by atoms with van der Waals surface area (Å²) in [5.74, 6) is 2.23. The maximum Gasteiger partial charge on any atom is 0.0880 e. The summed E-state index contributed by atoms with van der Waals surface area (Å²) in [6.07, 6.45) is 9.17. The number of aliphatic hydroxyl groups is 2. The molecule has 35 heavy (non-hydrogen) atoms. The highest BCUT2D eigenvalue weighted by Gasteiger charge is 2.84. The van der Waals surface area contributed by atoms with Crippen LogP contribution in [0.4, 0.5) is 0 Å². The Balaban J connectivity index is 1.19. The molecule has 7 fully saturated rings. The summed E-state index contributed by atoms with van der Waals surface area (Å²) in [5.41, 5.74) is 0.839. The molecule has 0 aromatic heterocycles. The Labute approximate surface area is 212 Å². The third-order valence-electron chi connectivity index (χ3n) is 14.1. The van der Waals surface area contributed by atoms with Gasteiger partial charge in [-0.1, -0.05) is 34.6 Å². The predicted molar refractivity (Wildman–Crippen MR) is 135 cm³/mol. The minimum Gasteiger partial charge on any atom is -0.393 e. The monoisotopic (exact) mass is 487 g/mol. The van der Waals surface area contributed by atoms with Crippen LogP contribution in [0.25, 0.3) is 0 Å². The van der Waals surface area contributed by atoms with E-state index in [2.05, 4.69) is 39.9 Å². The molecule has 0 aromatic rings. The van der Waals surface area contributed by atoms with Gasteiger partial charge in [0.2, 0.25) is 0 Å². The molecule has 0 aromatic carbocycles. The second-order valence-corrected chi connectivity index (χ2v) is 15.3. The molecule has 5 aliphatic carbocycles. The molecule has 2 saturated heterocycles. The number of aliphatic hydroxyl groups excluding tert-OH is 2. The summed E-state index contributed by atoms with van der Waals surface area (Å²) in [4.78, 5) is 0. The molecule has 0 bridgehead atoms. The largest absolute Gasteiger partial charge is 0.393 e. The van der Waals surface area contributed by atoms with Crippen molar-refractivity contribution in [2.24, 2.45) is 50.7 Å². The van der Waals surface area contributed by atoms with Gasteiger partial charge >= 0.3 is 0 Å². The molecule has 5 heteroatoms. The Morgan fingerprint density at radius 1 is 0.914 bits per heavy atom. The standard InChI is InChI=1S/C30H49NO4/c1-17-12-19(13-31-18-14-34-15-18)35-24-23(17)27(4)10-11-30-16-29(30)9-8-22(32)26(2,3)20(29)6-7-21(30)28(27,5)25(24)33/h17-25,31-33H,6-16H2,1-5H3/t17-,19-,20?,21?,22+,23?,24+,25+,27-,28-,29-,30+/m1/s1. The number of nitrogens with one attached hydrogen (secondary N) is 1. The van der Waals surface area contributed by atoms with E-state index in [0.717, 1.165) is 32.6 Å². The van der Waals surface area contributed by atoms with Gasteiger partial charge in [0.05, 0.1) is 43.7 Å². The third kappa shape index (κ3) is 2.69. The smallest absolute Gasteiger partial charge is 0.0880 e. The molecule has 2 heterocycles. The van der Waals surface area contributed by atoms with Crippen LogP contribution in [0.5, 0.6) is 0 Å². The first-order valence-corrected chi connectivity index (χ1v) is 14.8. The van der Waals surface area contributed by atoms with Gasteiger partial charge in [0, 0.05) is 12.0 Å². The molecule has 2 spiro atoms. The van der Waals surface area contributed by atoms with Gasteiger partial charge in [-0.2, -0.15) is 0 Å². The van der Waals surface area contributed by atoms with Crippen LogP contribution in [0.15, 0.2) is 0 Å². The lowest BCUT2D eigenvalue weighted by molar-refractivity contribution is -0.182. The van der Waals surface area contributed by atoms with E-state index in [1.54, 1.807) is 0 Å². The van der Waals surface area contributed by atoms with Crippen molar-refractivity contribution in [3.05, 3.63) is 0 Å². The summed E-state index contributed by atoms with van der Waals surface area (Å²) in [5, 5.41) is 26.8. The maximum absolute atomic E-state index is 12.2. The highest BCUT2D eigenvalue weighted by molar-refractivity contribution is 5.32. The molecule has 198 valence electrons. The quantitative estimate of drug-likeness (QED) is 0.558. The molecular weight excluding hydrogens is 438 g/mol. The number of rotatable bonds is 3. The number of ether oxygens (including phenoxy) is 2. The van der Waals surface area contributed by atoms with E-state index >= 15 is 0 Å². The summed E-state index contributed by atoms with van der Waals surface area (Å²) >= 11 is 0. The van der Waals surface area contributed by atoms with E-state index in [1.807, 2.05) is 0 Å². The van der Waals surface area contributed by atoms with Gasteiger partial charge in [0.15, 0.2) is 0 Å². The van der Waals surface area contributed by atoms with Gasteiger partial charge in [0.1, 0.15) is 0 Å². The maximum atomic E-state index is 12.2. The highest BCUT2D eigenvalue weighted by Crippen LogP contribution is 2.89. The summed E-state index contributed by atoms with van der Waals surface area (Å²) in [6.45, 7) is 14.6. The molecule has 7 rings (SSSR count). The van der Waals surface area contributed by atoms with Crippen LogP contribution in [-0.2, 0) is 9.47 Å². The Hall–Kier alpha value is -0.200. The van der Waals surface area contributed by atoms with Crippen LogP contribution >= 0.6 is 0 Å². The van der Waals surface area contributed by atoms with Gasteiger partial charge in [0.25, 0.3) is 0 Å². The molecule has 2 aliphatic heterocycles. The molecule has 0 radical (unpaired) electrons. The molecule has 5 nitrogen and oxygen atoms in total. The van der Waals surface area contributed by atoms with Gasteiger partial charge in [-0.3, -0.25) is 0 Å². The Kier molecular flexibility index (Phi) is 4.95. The zero-order valence-electron chi connectivity index (χ0n) is 22.7. The summed E-state index contributed by atoms with van der Waals surface area (Å²) < 4.78 is 12.2. The average Bonchev–Trinajstić information content (AvgIpc) is 3.41. The summed E-state index contributed by atoms with van der Waals surface area (Å²) in [6, 6.07) is 0.470. The van der Waals surface area contributed by atoms with Crippen LogP contribution in [0, 0.1) is 50.7 Å². The van der Waals surface area contributed by atoms with E-state index in [0.29, 0.717) is 40.5 Å². The van der Waals surface area contributed by atoms with E-state index in [1.165, 1.54) is 38.5 Å². The fourth-order valence-corrected chi connectivity index (χ4v) is 12.2. The zero-order valence-corrected chi connectivity index (χ0v) is 22.7. The van der Waals surface area contributed by atoms with Crippen molar-refractivity contribution in [2.45, 2.75) is 116 Å². The second-order valence-electron chi connectivity index (χ2n) is 15.3. The van der Waals surface area contributed by atoms with Crippen molar-refractivity contribution in [2.75, 3.05) is 19.8 Å². The van der Waals surface area contributed by atoms with Crippen molar-refractivity contribution in [3.8, 4) is 0 Å². The van der Waals surface area contributed by atoms with Crippen LogP contribution < -0.4 is 5.32 Å². The second kappa shape index (κ2) is 7.25. The molecule has 3 unspecified atom stereocenters. The molecule has 7 aliphatic rings. The van der Waals surface area contributed by atoms with Gasteiger partial charge in [-0.05, 0) is 96.7 Å². The lowest BCUT2D eigenvalue weighted by Gasteiger charge is -2.63. The number of hydrogen-bond donors (Lipinski definition) is 3. The molecular formula is C30H49NO4. The first-order valence-electron chi connectivity index (χ1n) is 14.8. The number of hydrogen-bond acceptors (Lipinski definition) is 5. The SMILES string of the molecule is C[C@@H]1C[C@H](CNC2COC2)O[C@H]2C1[C@@]1(C)CC[C@@]34C[C@@]35CC[C@H](O)C(C)(C)C5CCC4[C@]1(C)[C@H]2O. The Morgan fingerprint density at radius 3 is 2.34 bits per heavy atom. The summed E-state index contributed by atoms with van der Waals surface area (Å²) in [7, 11) is 0. The lowest BCUT2D eigenvalue weighted by Crippen LogP contribution is -2.59. The van der Waals surface area contributed by atoms with Gasteiger partial charge < -0.3 is 25.0 Å². The fraction of sp³-hybridized carbons (Fsp3) is 1.00. The minimum absolute atomic E-state index is 0.0139. The Morgan fingerprint density at radius 2 is 1.63 bits per heavy atom. The zero-order chi connectivity index (χ0) is 24.6. The Bertz CT molecular complexity index is 890. The van der Waals surface area contributed by atoms with Crippen LogP contribution in [0.1, 0.15) is 86.0 Å². The van der Waals surface area contributed by atoms with Crippen LogP contribution in [0.3, 0.4) is 0 Å². The van der Waals surface area contributed by atoms with Gasteiger partial charge in [-0.25, -0.2) is 0 Å². The van der Waals surface area contributed by atoms with Crippen LogP contribution in [-0.4, -0.2) is 60.4 Å².